The minimum absolute atomic E-state index is 0. The Morgan fingerprint density at radius 2 is 1.91 bits per heavy atom. The van der Waals surface area contributed by atoms with E-state index in [-0.39, 0.29) is 43.1 Å². The Balaban J connectivity index is 0.00000544. The molecule has 1 aliphatic rings. The Kier molecular flexibility index (Phi) is 14.2. The van der Waals surface area contributed by atoms with Crippen LogP contribution in [0.5, 0.6) is 11.5 Å². The highest BCUT2D eigenvalue weighted by molar-refractivity contribution is 14.0. The van der Waals surface area contributed by atoms with Crippen LogP contribution in [0.25, 0.3) is 0 Å². The molecule has 0 radical (unpaired) electrons. The highest BCUT2D eigenvalue weighted by atomic mass is 127. The Morgan fingerprint density at radius 3 is 2.48 bits per heavy atom. The second-order valence-corrected chi connectivity index (χ2v) is 8.01. The number of guanidine groups is 1. The van der Waals surface area contributed by atoms with Crippen molar-refractivity contribution in [3.05, 3.63) is 23.8 Å². The van der Waals surface area contributed by atoms with Crippen molar-refractivity contribution in [3.63, 3.8) is 0 Å². The molecule has 1 aromatic carbocycles. The SMILES string of the molecule is CCNC(=NCc1ccc(OCCO)c(OC)c1)NC1CCN(C(=O)C(CC)CC)CC1.I. The van der Waals surface area contributed by atoms with E-state index in [0.29, 0.717) is 30.0 Å². The smallest absolute Gasteiger partial charge is 0.225 e. The lowest BCUT2D eigenvalue weighted by Gasteiger charge is -2.34. The van der Waals surface area contributed by atoms with E-state index in [1.54, 1.807) is 7.11 Å². The normalized spacial score (nSPS) is 14.6. The van der Waals surface area contributed by atoms with Crippen LogP contribution >= 0.6 is 24.0 Å². The van der Waals surface area contributed by atoms with Gasteiger partial charge < -0.3 is 30.1 Å². The summed E-state index contributed by atoms with van der Waals surface area (Å²) in [5.41, 5.74) is 1.00. The van der Waals surface area contributed by atoms with Crippen molar-refractivity contribution in [1.82, 2.24) is 15.5 Å². The standard InChI is InChI=1S/C24H40N4O4.HI/c1-5-19(6-2)23(30)28-12-10-20(11-13-28)27-24(25-7-3)26-17-18-8-9-21(32-15-14-29)22(16-18)31-4;/h8-9,16,19-20,29H,5-7,10-15,17H2,1-4H3,(H2,25,26,27);1H. The molecule has 3 N–H and O–H groups in total. The second kappa shape index (κ2) is 16.0. The maximum Gasteiger partial charge on any atom is 0.225 e. The zero-order chi connectivity index (χ0) is 23.3. The number of aliphatic hydroxyl groups is 1. The van der Waals surface area contributed by atoms with Crippen molar-refractivity contribution >= 4 is 35.8 Å². The van der Waals surface area contributed by atoms with E-state index >= 15 is 0 Å². The van der Waals surface area contributed by atoms with Crippen LogP contribution in [-0.4, -0.2) is 67.9 Å². The molecular formula is C24H41IN4O4. The minimum Gasteiger partial charge on any atom is -0.493 e. The first kappa shape index (κ1) is 29.3. The third-order valence-corrected chi connectivity index (χ3v) is 5.82. The molecule has 1 aromatic rings. The fourth-order valence-electron chi connectivity index (χ4n) is 3.91. The number of carbonyl (C=O) groups excluding carboxylic acids is 1. The summed E-state index contributed by atoms with van der Waals surface area (Å²) >= 11 is 0. The maximum absolute atomic E-state index is 12.6. The molecule has 188 valence electrons. The predicted octanol–water partition coefficient (Wildman–Crippen LogP) is 3.17. The van der Waals surface area contributed by atoms with Crippen LogP contribution < -0.4 is 20.1 Å². The molecule has 0 aromatic heterocycles. The molecule has 0 unspecified atom stereocenters. The molecule has 1 saturated heterocycles. The van der Waals surface area contributed by atoms with Crippen LogP contribution in [0, 0.1) is 5.92 Å². The number of halogens is 1. The topological polar surface area (TPSA) is 95.4 Å². The van der Waals surface area contributed by atoms with Gasteiger partial charge in [0.25, 0.3) is 0 Å². The molecule has 0 spiro atoms. The molecule has 0 saturated carbocycles. The van der Waals surface area contributed by atoms with E-state index in [9.17, 15) is 4.79 Å². The minimum atomic E-state index is -0.0439. The average molecular weight is 577 g/mol. The molecule has 0 atom stereocenters. The molecule has 33 heavy (non-hydrogen) atoms. The van der Waals surface area contributed by atoms with Gasteiger partial charge in [0.05, 0.1) is 20.3 Å². The second-order valence-electron chi connectivity index (χ2n) is 8.01. The summed E-state index contributed by atoms with van der Waals surface area (Å²) in [4.78, 5) is 19.4. The van der Waals surface area contributed by atoms with Crippen molar-refractivity contribution in [2.45, 2.75) is 59.0 Å². The fraction of sp³-hybridized carbons (Fsp3) is 0.667. The summed E-state index contributed by atoms with van der Waals surface area (Å²) in [6.45, 7) is 9.26. The molecule has 9 heteroatoms. The number of carbonyl (C=O) groups is 1. The van der Waals surface area contributed by atoms with Gasteiger partial charge in [-0.25, -0.2) is 4.99 Å². The number of hydrogen-bond acceptors (Lipinski definition) is 5. The number of amides is 1. The number of nitrogens with zero attached hydrogens (tertiary/aromatic N) is 2. The average Bonchev–Trinajstić information content (AvgIpc) is 2.82. The van der Waals surface area contributed by atoms with Gasteiger partial charge in [-0.05, 0) is 50.3 Å². The van der Waals surface area contributed by atoms with Crippen molar-refractivity contribution in [3.8, 4) is 11.5 Å². The van der Waals surface area contributed by atoms with Crippen LogP contribution in [0.3, 0.4) is 0 Å². The van der Waals surface area contributed by atoms with Gasteiger partial charge in [-0.1, -0.05) is 19.9 Å². The molecule has 0 bridgehead atoms. The van der Waals surface area contributed by atoms with Crippen LogP contribution in [0.1, 0.15) is 52.0 Å². The van der Waals surface area contributed by atoms with E-state index in [0.717, 1.165) is 56.8 Å². The van der Waals surface area contributed by atoms with Gasteiger partial charge in [-0.2, -0.15) is 0 Å². The lowest BCUT2D eigenvalue weighted by molar-refractivity contribution is -0.136. The van der Waals surface area contributed by atoms with Crippen molar-refractivity contribution in [1.29, 1.82) is 0 Å². The number of benzene rings is 1. The molecule has 2 rings (SSSR count). The summed E-state index contributed by atoms with van der Waals surface area (Å²) in [5, 5.41) is 15.8. The van der Waals surface area contributed by atoms with Gasteiger partial charge >= 0.3 is 0 Å². The van der Waals surface area contributed by atoms with Crippen molar-refractivity contribution in [2.75, 3.05) is 40.0 Å². The number of piperidine rings is 1. The number of aliphatic imine (C=N–C) groups is 1. The summed E-state index contributed by atoms with van der Waals surface area (Å²) in [5.74, 6) is 2.45. The summed E-state index contributed by atoms with van der Waals surface area (Å²) in [6.07, 6.45) is 3.65. The number of hydrogen-bond donors (Lipinski definition) is 3. The van der Waals surface area contributed by atoms with Crippen LogP contribution in [0.2, 0.25) is 0 Å². The van der Waals surface area contributed by atoms with Gasteiger partial charge in [0.2, 0.25) is 5.91 Å². The molecule has 1 aliphatic heterocycles. The molecular weight excluding hydrogens is 535 g/mol. The summed E-state index contributed by atoms with van der Waals surface area (Å²) in [6, 6.07) is 5.99. The lowest BCUT2D eigenvalue weighted by Crippen LogP contribution is -2.50. The van der Waals surface area contributed by atoms with Crippen molar-refractivity contribution < 1.29 is 19.4 Å². The van der Waals surface area contributed by atoms with E-state index in [2.05, 4.69) is 24.5 Å². The summed E-state index contributed by atoms with van der Waals surface area (Å²) < 4.78 is 10.9. The zero-order valence-corrected chi connectivity index (χ0v) is 22.8. The highest BCUT2D eigenvalue weighted by Crippen LogP contribution is 2.28. The molecule has 0 aliphatic carbocycles. The van der Waals surface area contributed by atoms with Gasteiger partial charge in [0.1, 0.15) is 6.61 Å². The van der Waals surface area contributed by atoms with Crippen molar-refractivity contribution in [2.24, 2.45) is 10.9 Å². The summed E-state index contributed by atoms with van der Waals surface area (Å²) in [7, 11) is 1.60. The fourth-order valence-corrected chi connectivity index (χ4v) is 3.91. The van der Waals surface area contributed by atoms with Crippen LogP contribution in [0.4, 0.5) is 0 Å². The zero-order valence-electron chi connectivity index (χ0n) is 20.4. The first-order chi connectivity index (χ1) is 15.6. The molecule has 1 amide bonds. The largest absolute Gasteiger partial charge is 0.493 e. The lowest BCUT2D eigenvalue weighted by atomic mass is 9.98. The molecule has 1 fully saturated rings. The number of likely N-dealkylation sites (tertiary alicyclic amines) is 1. The molecule has 1 heterocycles. The Bertz CT molecular complexity index is 735. The third-order valence-electron chi connectivity index (χ3n) is 5.82. The van der Waals surface area contributed by atoms with Crippen LogP contribution in [0.15, 0.2) is 23.2 Å². The number of methoxy groups -OCH3 is 1. The van der Waals surface area contributed by atoms with E-state index < -0.39 is 0 Å². The third kappa shape index (κ3) is 9.19. The maximum atomic E-state index is 12.6. The number of aliphatic hydroxyl groups excluding tert-OH is 1. The Morgan fingerprint density at radius 1 is 1.21 bits per heavy atom. The molecule has 8 nitrogen and oxygen atoms in total. The Labute approximate surface area is 215 Å². The van der Waals surface area contributed by atoms with E-state index in [1.165, 1.54) is 0 Å². The number of rotatable bonds is 11. The van der Waals surface area contributed by atoms with Gasteiger partial charge in [-0.15, -0.1) is 24.0 Å². The predicted molar refractivity (Wildman–Crippen MR) is 143 cm³/mol. The Hall–Kier alpha value is -1.75. The van der Waals surface area contributed by atoms with Gasteiger partial charge in [0.15, 0.2) is 17.5 Å². The quantitative estimate of drug-likeness (QED) is 0.213. The van der Waals surface area contributed by atoms with Crippen LogP contribution in [-0.2, 0) is 11.3 Å². The van der Waals surface area contributed by atoms with Gasteiger partial charge in [0, 0.05) is 31.6 Å². The monoisotopic (exact) mass is 576 g/mol. The highest BCUT2D eigenvalue weighted by Gasteiger charge is 2.26. The van der Waals surface area contributed by atoms with E-state index in [1.807, 2.05) is 30.0 Å². The first-order valence-corrected chi connectivity index (χ1v) is 11.8. The first-order valence-electron chi connectivity index (χ1n) is 11.8. The van der Waals surface area contributed by atoms with Gasteiger partial charge in [-0.3, -0.25) is 4.79 Å². The number of ether oxygens (including phenoxy) is 2. The number of nitrogens with one attached hydrogen (secondary N) is 2. The van der Waals surface area contributed by atoms with E-state index in [4.69, 9.17) is 19.6 Å².